The van der Waals surface area contributed by atoms with Crippen LogP contribution in [0.4, 0.5) is 0 Å². The molecule has 118 valence electrons. The second-order valence-corrected chi connectivity index (χ2v) is 6.73. The zero-order valence-corrected chi connectivity index (χ0v) is 14.2. The molecular weight excluding hydrogens is 280 g/mol. The fourth-order valence-electron chi connectivity index (χ4n) is 3.29. The zero-order chi connectivity index (χ0) is 15.1. The number of hydrogen-bond donors (Lipinski definition) is 1. The lowest BCUT2D eigenvalue weighted by Crippen LogP contribution is -2.35. The van der Waals surface area contributed by atoms with Gasteiger partial charge in [0.05, 0.1) is 0 Å². The molecule has 21 heavy (non-hydrogen) atoms. The van der Waals surface area contributed by atoms with Crippen LogP contribution in [0.5, 0.6) is 0 Å². The van der Waals surface area contributed by atoms with Gasteiger partial charge in [0.25, 0.3) is 0 Å². The second-order valence-electron chi connectivity index (χ2n) is 6.32. The molecule has 1 saturated carbocycles. The van der Waals surface area contributed by atoms with Crippen molar-refractivity contribution in [3.63, 3.8) is 0 Å². The highest BCUT2D eigenvalue weighted by Gasteiger charge is 2.17. The molecule has 1 aromatic carbocycles. The summed E-state index contributed by atoms with van der Waals surface area (Å²) in [5, 5.41) is 4.45. The van der Waals surface area contributed by atoms with Gasteiger partial charge in [-0.05, 0) is 58.0 Å². The first-order chi connectivity index (χ1) is 10.2. The van der Waals surface area contributed by atoms with Crippen molar-refractivity contribution in [1.82, 2.24) is 10.2 Å². The molecule has 0 spiro atoms. The van der Waals surface area contributed by atoms with Gasteiger partial charge < -0.3 is 10.2 Å². The molecule has 3 heteroatoms. The number of nitrogens with zero attached hydrogens (tertiary/aromatic N) is 1. The molecule has 0 bridgehead atoms. The van der Waals surface area contributed by atoms with Gasteiger partial charge in [-0.15, -0.1) is 0 Å². The van der Waals surface area contributed by atoms with Crippen LogP contribution in [0.15, 0.2) is 24.3 Å². The Morgan fingerprint density at radius 2 is 1.95 bits per heavy atom. The Labute approximate surface area is 134 Å². The van der Waals surface area contributed by atoms with Crippen LogP contribution >= 0.6 is 11.6 Å². The summed E-state index contributed by atoms with van der Waals surface area (Å²) in [6, 6.07) is 9.24. The minimum absolute atomic E-state index is 0.318. The summed E-state index contributed by atoms with van der Waals surface area (Å²) in [6.45, 7) is 4.42. The number of nitrogens with one attached hydrogen (secondary N) is 1. The van der Waals surface area contributed by atoms with E-state index < -0.39 is 0 Å². The van der Waals surface area contributed by atoms with Crippen LogP contribution in [0.2, 0.25) is 5.02 Å². The predicted molar refractivity (Wildman–Crippen MR) is 92.0 cm³/mol. The molecule has 1 aliphatic rings. The molecule has 1 aromatic rings. The number of benzene rings is 1. The topological polar surface area (TPSA) is 15.3 Å². The predicted octanol–water partition coefficient (Wildman–Crippen LogP) is 4.65. The molecule has 0 saturated heterocycles. The fourth-order valence-corrected chi connectivity index (χ4v) is 3.59. The van der Waals surface area contributed by atoms with E-state index in [1.165, 1.54) is 50.6 Å². The van der Waals surface area contributed by atoms with Crippen molar-refractivity contribution in [2.45, 2.75) is 57.5 Å². The monoisotopic (exact) mass is 308 g/mol. The van der Waals surface area contributed by atoms with Crippen molar-refractivity contribution in [3.05, 3.63) is 34.9 Å². The van der Waals surface area contributed by atoms with Crippen molar-refractivity contribution in [3.8, 4) is 0 Å². The van der Waals surface area contributed by atoms with E-state index in [9.17, 15) is 0 Å². The summed E-state index contributed by atoms with van der Waals surface area (Å²) in [4.78, 5) is 2.56. The molecule has 1 atom stereocenters. The first-order valence-corrected chi connectivity index (χ1v) is 8.74. The summed E-state index contributed by atoms with van der Waals surface area (Å²) in [6.07, 6.45) is 8.23. The Bertz CT molecular complexity index is 415. The first kappa shape index (κ1) is 16.8. The Balaban J connectivity index is 1.66. The van der Waals surface area contributed by atoms with Gasteiger partial charge in [-0.25, -0.2) is 0 Å². The van der Waals surface area contributed by atoms with Crippen molar-refractivity contribution >= 4 is 11.6 Å². The van der Waals surface area contributed by atoms with Crippen molar-refractivity contribution in [1.29, 1.82) is 0 Å². The summed E-state index contributed by atoms with van der Waals surface area (Å²) < 4.78 is 0. The minimum atomic E-state index is 0.318. The SMILES string of the molecule is CC(NCCCN(C)C1CCCCC1)c1ccccc1Cl. The molecule has 1 aliphatic carbocycles. The van der Waals surface area contributed by atoms with Gasteiger partial charge in [0, 0.05) is 17.1 Å². The third-order valence-corrected chi connectivity index (χ3v) is 5.05. The molecule has 1 fully saturated rings. The van der Waals surface area contributed by atoms with Crippen LogP contribution in [0.25, 0.3) is 0 Å². The highest BCUT2D eigenvalue weighted by molar-refractivity contribution is 6.31. The maximum Gasteiger partial charge on any atom is 0.0453 e. The van der Waals surface area contributed by atoms with Gasteiger partial charge >= 0.3 is 0 Å². The smallest absolute Gasteiger partial charge is 0.0453 e. The number of rotatable bonds is 7. The molecule has 2 rings (SSSR count). The molecule has 0 radical (unpaired) electrons. The largest absolute Gasteiger partial charge is 0.310 e. The van der Waals surface area contributed by atoms with Crippen molar-refractivity contribution in [2.24, 2.45) is 0 Å². The third kappa shape index (κ3) is 5.28. The average molecular weight is 309 g/mol. The second kappa shape index (κ2) is 8.77. The van der Waals surface area contributed by atoms with Crippen molar-refractivity contribution < 1.29 is 0 Å². The highest BCUT2D eigenvalue weighted by Crippen LogP contribution is 2.23. The fraction of sp³-hybridized carbons (Fsp3) is 0.667. The normalized spacial score (nSPS) is 18.1. The summed E-state index contributed by atoms with van der Waals surface area (Å²) in [5.74, 6) is 0. The van der Waals surface area contributed by atoms with Gasteiger partial charge in [0.2, 0.25) is 0 Å². The third-order valence-electron chi connectivity index (χ3n) is 4.71. The van der Waals surface area contributed by atoms with E-state index in [2.05, 4.69) is 36.3 Å². The van der Waals surface area contributed by atoms with Crippen LogP contribution in [0.3, 0.4) is 0 Å². The van der Waals surface area contributed by atoms with E-state index in [1.807, 2.05) is 12.1 Å². The zero-order valence-electron chi connectivity index (χ0n) is 13.4. The van der Waals surface area contributed by atoms with Gasteiger partial charge in [0.1, 0.15) is 0 Å². The minimum Gasteiger partial charge on any atom is -0.310 e. The molecule has 0 heterocycles. The van der Waals surface area contributed by atoms with Gasteiger partial charge in [0.15, 0.2) is 0 Å². The lowest BCUT2D eigenvalue weighted by atomic mass is 9.94. The molecule has 1 N–H and O–H groups in total. The molecular formula is C18H29ClN2. The molecule has 0 aromatic heterocycles. The first-order valence-electron chi connectivity index (χ1n) is 8.36. The van der Waals surface area contributed by atoms with Crippen LogP contribution in [0, 0.1) is 0 Å². The van der Waals surface area contributed by atoms with E-state index in [-0.39, 0.29) is 0 Å². The van der Waals surface area contributed by atoms with Gasteiger partial charge in [-0.2, -0.15) is 0 Å². The van der Waals surface area contributed by atoms with Gasteiger partial charge in [-0.3, -0.25) is 0 Å². The Kier molecular flexibility index (Phi) is 7.01. The molecule has 1 unspecified atom stereocenters. The standard InChI is InChI=1S/C18H29ClN2/c1-15(17-11-6-7-12-18(17)19)20-13-8-14-21(2)16-9-4-3-5-10-16/h6-7,11-12,15-16,20H,3-5,8-10,13-14H2,1-2H3. The van der Waals surface area contributed by atoms with Crippen LogP contribution < -0.4 is 5.32 Å². The lowest BCUT2D eigenvalue weighted by molar-refractivity contribution is 0.189. The summed E-state index contributed by atoms with van der Waals surface area (Å²) in [5.41, 5.74) is 1.19. The number of halogens is 1. The Morgan fingerprint density at radius 1 is 1.24 bits per heavy atom. The van der Waals surface area contributed by atoms with Crippen LogP contribution in [-0.4, -0.2) is 31.1 Å². The van der Waals surface area contributed by atoms with E-state index in [1.54, 1.807) is 0 Å². The number of hydrogen-bond acceptors (Lipinski definition) is 2. The van der Waals surface area contributed by atoms with Crippen LogP contribution in [0.1, 0.15) is 57.1 Å². The van der Waals surface area contributed by atoms with Gasteiger partial charge in [-0.1, -0.05) is 49.1 Å². The molecule has 0 amide bonds. The van der Waals surface area contributed by atoms with E-state index in [4.69, 9.17) is 11.6 Å². The Hall–Kier alpha value is -0.570. The maximum atomic E-state index is 6.24. The average Bonchev–Trinajstić information content (AvgIpc) is 2.52. The van der Waals surface area contributed by atoms with Crippen molar-refractivity contribution in [2.75, 3.05) is 20.1 Å². The molecule has 2 nitrogen and oxygen atoms in total. The van der Waals surface area contributed by atoms with E-state index in [0.29, 0.717) is 6.04 Å². The molecule has 0 aliphatic heterocycles. The van der Waals surface area contributed by atoms with Crippen LogP contribution in [-0.2, 0) is 0 Å². The summed E-state index contributed by atoms with van der Waals surface area (Å²) >= 11 is 6.24. The quantitative estimate of drug-likeness (QED) is 0.738. The Morgan fingerprint density at radius 3 is 2.67 bits per heavy atom. The van der Waals surface area contributed by atoms with E-state index in [0.717, 1.165) is 17.6 Å². The maximum absolute atomic E-state index is 6.24. The lowest BCUT2D eigenvalue weighted by Gasteiger charge is -2.31. The highest BCUT2D eigenvalue weighted by atomic mass is 35.5. The van der Waals surface area contributed by atoms with E-state index >= 15 is 0 Å². The summed E-state index contributed by atoms with van der Waals surface area (Å²) in [7, 11) is 2.29.